The Labute approximate surface area is 135 Å². The summed E-state index contributed by atoms with van der Waals surface area (Å²) in [6.45, 7) is 4.58. The minimum Gasteiger partial charge on any atom is -0.361 e. The van der Waals surface area contributed by atoms with Gasteiger partial charge in [0.05, 0.1) is 23.7 Å². The van der Waals surface area contributed by atoms with Gasteiger partial charge in [-0.15, -0.1) is 0 Å². The molecule has 0 aliphatic carbocycles. The number of aryl methyl sites for hydroxylation is 1. The standard InChI is InChI=1S/C14H21N5O3S/c1-11-7-12(17-22-11)8-18-9-13-3-5-15-19(13)14(10-18)4-6-16-23(2,20)21/h3,5,7,14,16H,4,6,8-10H2,1-2H3. The van der Waals surface area contributed by atoms with E-state index < -0.39 is 10.0 Å². The largest absolute Gasteiger partial charge is 0.361 e. The van der Waals surface area contributed by atoms with E-state index in [0.29, 0.717) is 19.5 Å². The lowest BCUT2D eigenvalue weighted by molar-refractivity contribution is 0.158. The van der Waals surface area contributed by atoms with E-state index in [1.54, 1.807) is 6.20 Å². The van der Waals surface area contributed by atoms with Gasteiger partial charge in [-0.05, 0) is 19.4 Å². The maximum atomic E-state index is 11.2. The third kappa shape index (κ3) is 4.18. The number of hydrogen-bond acceptors (Lipinski definition) is 6. The second-order valence-corrected chi connectivity index (χ2v) is 7.81. The Morgan fingerprint density at radius 1 is 1.48 bits per heavy atom. The summed E-state index contributed by atoms with van der Waals surface area (Å²) in [6.07, 6.45) is 3.65. The fraction of sp³-hybridized carbons (Fsp3) is 0.571. The maximum Gasteiger partial charge on any atom is 0.208 e. The van der Waals surface area contributed by atoms with Gasteiger partial charge in [0, 0.05) is 38.4 Å². The molecule has 2 aromatic heterocycles. The first-order valence-corrected chi connectivity index (χ1v) is 9.41. The van der Waals surface area contributed by atoms with Gasteiger partial charge in [-0.1, -0.05) is 5.16 Å². The van der Waals surface area contributed by atoms with E-state index in [9.17, 15) is 8.42 Å². The molecule has 3 rings (SSSR count). The fourth-order valence-corrected chi connectivity index (χ4v) is 3.42. The van der Waals surface area contributed by atoms with Crippen molar-refractivity contribution < 1.29 is 12.9 Å². The molecule has 0 saturated carbocycles. The van der Waals surface area contributed by atoms with Gasteiger partial charge in [-0.25, -0.2) is 13.1 Å². The van der Waals surface area contributed by atoms with Crippen LogP contribution in [0, 0.1) is 6.92 Å². The Bertz CT molecular complexity index is 767. The van der Waals surface area contributed by atoms with Crippen LogP contribution in [0.2, 0.25) is 0 Å². The highest BCUT2D eigenvalue weighted by Gasteiger charge is 2.26. The van der Waals surface area contributed by atoms with Crippen LogP contribution in [0.15, 0.2) is 22.9 Å². The fourth-order valence-electron chi connectivity index (χ4n) is 2.93. The van der Waals surface area contributed by atoms with E-state index in [1.165, 1.54) is 6.26 Å². The van der Waals surface area contributed by atoms with Crippen molar-refractivity contribution in [1.82, 2.24) is 24.6 Å². The number of nitrogens with one attached hydrogen (secondary N) is 1. The number of nitrogens with zero attached hydrogens (tertiary/aromatic N) is 4. The van der Waals surface area contributed by atoms with Crippen LogP contribution in [0.3, 0.4) is 0 Å². The summed E-state index contributed by atoms with van der Waals surface area (Å²) >= 11 is 0. The molecule has 0 amide bonds. The SMILES string of the molecule is Cc1cc(CN2Cc3ccnn3C(CCNS(C)(=O)=O)C2)no1. The Hall–Kier alpha value is -1.71. The molecule has 0 aromatic carbocycles. The molecule has 1 unspecified atom stereocenters. The van der Waals surface area contributed by atoms with E-state index >= 15 is 0 Å². The minimum absolute atomic E-state index is 0.135. The van der Waals surface area contributed by atoms with Crippen molar-refractivity contribution >= 4 is 10.0 Å². The Morgan fingerprint density at radius 2 is 2.30 bits per heavy atom. The van der Waals surface area contributed by atoms with Gasteiger partial charge in [0.2, 0.25) is 10.0 Å². The molecule has 1 aliphatic heterocycles. The average Bonchev–Trinajstić information content (AvgIpc) is 3.06. The molecule has 3 heterocycles. The third-order valence-electron chi connectivity index (χ3n) is 3.86. The molecule has 126 valence electrons. The quantitative estimate of drug-likeness (QED) is 0.832. The van der Waals surface area contributed by atoms with Crippen LogP contribution in [0.25, 0.3) is 0 Å². The van der Waals surface area contributed by atoms with Crippen molar-refractivity contribution in [2.75, 3.05) is 19.3 Å². The van der Waals surface area contributed by atoms with Crippen LogP contribution in [-0.2, 0) is 23.1 Å². The van der Waals surface area contributed by atoms with Crippen LogP contribution >= 0.6 is 0 Å². The van der Waals surface area contributed by atoms with E-state index in [1.807, 2.05) is 23.7 Å². The zero-order valence-corrected chi connectivity index (χ0v) is 14.1. The lowest BCUT2D eigenvalue weighted by atomic mass is 10.1. The Balaban J connectivity index is 1.67. The Kier molecular flexibility index (Phi) is 4.51. The lowest BCUT2D eigenvalue weighted by Gasteiger charge is -2.33. The summed E-state index contributed by atoms with van der Waals surface area (Å²) in [7, 11) is -3.16. The first-order valence-electron chi connectivity index (χ1n) is 7.52. The molecule has 0 radical (unpaired) electrons. The maximum absolute atomic E-state index is 11.2. The van der Waals surface area contributed by atoms with Crippen molar-refractivity contribution in [3.05, 3.63) is 35.5 Å². The van der Waals surface area contributed by atoms with Gasteiger partial charge in [0.15, 0.2) is 0 Å². The minimum atomic E-state index is -3.16. The van der Waals surface area contributed by atoms with Crippen molar-refractivity contribution in [1.29, 1.82) is 0 Å². The summed E-state index contributed by atoms with van der Waals surface area (Å²) in [5.41, 5.74) is 2.03. The Morgan fingerprint density at radius 3 is 3.00 bits per heavy atom. The molecule has 0 spiro atoms. The average molecular weight is 339 g/mol. The second kappa shape index (κ2) is 6.42. The second-order valence-electron chi connectivity index (χ2n) is 5.97. The van der Waals surface area contributed by atoms with Gasteiger partial charge < -0.3 is 4.52 Å². The molecule has 9 heteroatoms. The smallest absolute Gasteiger partial charge is 0.208 e. The van der Waals surface area contributed by atoms with Gasteiger partial charge in [-0.3, -0.25) is 9.58 Å². The van der Waals surface area contributed by atoms with Gasteiger partial charge in [0.1, 0.15) is 5.76 Å². The molecule has 1 atom stereocenters. The van der Waals surface area contributed by atoms with Crippen LogP contribution in [0.5, 0.6) is 0 Å². The number of fused-ring (bicyclic) bond motifs is 1. The molecule has 8 nitrogen and oxygen atoms in total. The van der Waals surface area contributed by atoms with Gasteiger partial charge in [-0.2, -0.15) is 5.10 Å². The molecule has 23 heavy (non-hydrogen) atoms. The van der Waals surface area contributed by atoms with Crippen molar-refractivity contribution in [2.45, 2.75) is 32.5 Å². The zero-order chi connectivity index (χ0) is 16.4. The van der Waals surface area contributed by atoms with Crippen molar-refractivity contribution in [3.63, 3.8) is 0 Å². The summed E-state index contributed by atoms with van der Waals surface area (Å²) in [6, 6.07) is 4.07. The van der Waals surface area contributed by atoms with Gasteiger partial charge >= 0.3 is 0 Å². The highest BCUT2D eigenvalue weighted by Crippen LogP contribution is 2.24. The van der Waals surface area contributed by atoms with E-state index in [-0.39, 0.29) is 6.04 Å². The molecular weight excluding hydrogens is 318 g/mol. The van der Waals surface area contributed by atoms with Crippen LogP contribution in [0.1, 0.15) is 29.6 Å². The van der Waals surface area contributed by atoms with Crippen molar-refractivity contribution in [2.24, 2.45) is 0 Å². The molecular formula is C14H21N5O3S. The molecule has 0 saturated heterocycles. The van der Waals surface area contributed by atoms with E-state index in [2.05, 4.69) is 19.9 Å². The molecule has 1 N–H and O–H groups in total. The van der Waals surface area contributed by atoms with Gasteiger partial charge in [0.25, 0.3) is 0 Å². The highest BCUT2D eigenvalue weighted by molar-refractivity contribution is 7.88. The number of sulfonamides is 1. The first-order chi connectivity index (χ1) is 10.9. The summed E-state index contributed by atoms with van der Waals surface area (Å²) in [4.78, 5) is 2.28. The summed E-state index contributed by atoms with van der Waals surface area (Å²) in [5, 5.41) is 8.42. The van der Waals surface area contributed by atoms with E-state index in [0.717, 1.165) is 30.2 Å². The number of aromatic nitrogens is 3. The van der Waals surface area contributed by atoms with E-state index in [4.69, 9.17) is 4.52 Å². The molecule has 0 bridgehead atoms. The summed E-state index contributed by atoms with van der Waals surface area (Å²) < 4.78 is 32.1. The predicted molar refractivity (Wildman–Crippen MR) is 84.1 cm³/mol. The monoisotopic (exact) mass is 339 g/mol. The predicted octanol–water partition coefficient (Wildman–Crippen LogP) is 0.676. The lowest BCUT2D eigenvalue weighted by Crippen LogP contribution is -2.38. The first kappa shape index (κ1) is 16.2. The zero-order valence-electron chi connectivity index (χ0n) is 13.3. The van der Waals surface area contributed by atoms with Crippen molar-refractivity contribution in [3.8, 4) is 0 Å². The topological polar surface area (TPSA) is 93.3 Å². The molecule has 1 aliphatic rings. The number of hydrogen-bond donors (Lipinski definition) is 1. The molecule has 2 aromatic rings. The van der Waals surface area contributed by atoms with Crippen LogP contribution in [0.4, 0.5) is 0 Å². The van der Waals surface area contributed by atoms with Crippen LogP contribution in [-0.4, -0.2) is 47.6 Å². The number of rotatable bonds is 6. The van der Waals surface area contributed by atoms with Crippen LogP contribution < -0.4 is 4.72 Å². The third-order valence-corrected chi connectivity index (χ3v) is 4.59. The molecule has 0 fully saturated rings. The highest BCUT2D eigenvalue weighted by atomic mass is 32.2. The normalized spacial score (nSPS) is 19.0. The summed E-state index contributed by atoms with van der Waals surface area (Å²) in [5.74, 6) is 0.802.